The van der Waals surface area contributed by atoms with E-state index in [1.54, 1.807) is 6.08 Å². The number of ether oxygens (including phenoxy) is 1. The molecule has 4 aliphatic carbocycles. The first kappa shape index (κ1) is 30.1. The van der Waals surface area contributed by atoms with E-state index in [4.69, 9.17) is 4.74 Å². The number of hydrogen-bond donors (Lipinski definition) is 0. The third-order valence-electron chi connectivity index (χ3n) is 10.8. The average Bonchev–Trinajstić information content (AvgIpc) is 3.64. The molecular formula is C34H38F4N2O3. The molecule has 9 heteroatoms. The van der Waals surface area contributed by atoms with Crippen LogP contribution in [0, 0.1) is 39.9 Å². The van der Waals surface area contributed by atoms with Crippen molar-refractivity contribution in [2.24, 2.45) is 28.3 Å². The van der Waals surface area contributed by atoms with Gasteiger partial charge in [-0.3, -0.25) is 4.79 Å². The Kier molecular flexibility index (Phi) is 8.27. The molecule has 1 aliphatic heterocycles. The Morgan fingerprint density at radius 3 is 2.58 bits per heavy atom. The summed E-state index contributed by atoms with van der Waals surface area (Å²) in [4.78, 5) is 27.2. The van der Waals surface area contributed by atoms with Gasteiger partial charge in [0.25, 0.3) is 0 Å². The highest BCUT2D eigenvalue weighted by Crippen LogP contribution is 2.66. The van der Waals surface area contributed by atoms with E-state index < -0.39 is 30.4 Å². The molecule has 5 aliphatic rings. The van der Waals surface area contributed by atoms with Crippen LogP contribution in [-0.2, 0) is 9.53 Å². The second-order valence-electron chi connectivity index (χ2n) is 13.1. The number of carbonyl (C=O) groups excluding carboxylic acids is 1. The third-order valence-corrected chi connectivity index (χ3v) is 10.8. The molecule has 5 nitrogen and oxygen atoms in total. The van der Waals surface area contributed by atoms with E-state index in [1.165, 1.54) is 30.0 Å². The summed E-state index contributed by atoms with van der Waals surface area (Å²) in [6, 6.07) is 8.21. The minimum absolute atomic E-state index is 0.00232. The summed E-state index contributed by atoms with van der Waals surface area (Å²) in [5, 5.41) is 3.21. The van der Waals surface area contributed by atoms with Gasteiger partial charge in [-0.25, -0.2) is 4.39 Å². The van der Waals surface area contributed by atoms with E-state index in [-0.39, 0.29) is 36.1 Å². The minimum atomic E-state index is -4.60. The van der Waals surface area contributed by atoms with Gasteiger partial charge in [-0.15, -0.1) is 0 Å². The molecule has 0 radical (unpaired) electrons. The van der Waals surface area contributed by atoms with Crippen molar-refractivity contribution in [2.45, 2.75) is 82.6 Å². The number of allylic oxidation sites excluding steroid dienone is 3. The number of anilines is 1. The topological polar surface area (TPSA) is 59.0 Å². The summed E-state index contributed by atoms with van der Waals surface area (Å²) < 4.78 is 58.2. The number of ketones is 1. The van der Waals surface area contributed by atoms with Crippen LogP contribution in [0.1, 0.15) is 69.8 Å². The van der Waals surface area contributed by atoms with Gasteiger partial charge >= 0.3 is 6.18 Å². The van der Waals surface area contributed by atoms with Crippen molar-refractivity contribution in [1.82, 2.24) is 0 Å². The predicted molar refractivity (Wildman–Crippen MR) is 156 cm³/mol. The Bertz CT molecular complexity index is 1370. The zero-order valence-corrected chi connectivity index (χ0v) is 24.5. The first-order chi connectivity index (χ1) is 20.6. The normalized spacial score (nSPS) is 33.6. The van der Waals surface area contributed by atoms with E-state index in [0.29, 0.717) is 31.3 Å². The van der Waals surface area contributed by atoms with Crippen molar-refractivity contribution < 1.29 is 27.1 Å². The first-order valence-electron chi connectivity index (χ1n) is 15.5. The monoisotopic (exact) mass is 598 g/mol. The highest BCUT2D eigenvalue weighted by atomic mass is 19.4. The van der Waals surface area contributed by atoms with Gasteiger partial charge in [-0.1, -0.05) is 41.8 Å². The SMILES string of the molecule is C[C@]12C[C@H](c3ccc(N4CCCC4)cc3)C3=C4CCC(N=O)C=C4C(F)C[C@H]3[C@@H]1CC[C@@H]2C(=O)COCC#CC(F)(F)F. The van der Waals surface area contributed by atoms with E-state index in [0.717, 1.165) is 37.1 Å². The van der Waals surface area contributed by atoms with Crippen LogP contribution in [0.15, 0.2) is 52.2 Å². The summed E-state index contributed by atoms with van der Waals surface area (Å²) in [6.07, 6.45) is 2.00. The van der Waals surface area contributed by atoms with Gasteiger partial charge in [-0.2, -0.15) is 18.1 Å². The number of fused-ring (bicyclic) bond motifs is 4. The number of alkyl halides is 4. The van der Waals surface area contributed by atoms with Crippen molar-refractivity contribution in [1.29, 1.82) is 0 Å². The Morgan fingerprint density at radius 1 is 1.14 bits per heavy atom. The molecule has 1 heterocycles. The Hall–Kier alpha value is -2.99. The molecule has 1 aromatic carbocycles. The van der Waals surface area contributed by atoms with Crippen LogP contribution < -0.4 is 4.90 Å². The molecule has 7 atom stereocenters. The summed E-state index contributed by atoms with van der Waals surface area (Å²) in [5.74, 6) is 2.74. The van der Waals surface area contributed by atoms with Gasteiger partial charge in [0.1, 0.15) is 25.4 Å². The lowest BCUT2D eigenvalue weighted by molar-refractivity contribution is -0.131. The zero-order chi connectivity index (χ0) is 30.4. The molecule has 0 N–H and O–H groups in total. The molecule has 6 rings (SSSR count). The lowest BCUT2D eigenvalue weighted by atomic mass is 9.51. The van der Waals surface area contributed by atoms with Crippen molar-refractivity contribution in [3.05, 3.63) is 57.5 Å². The van der Waals surface area contributed by atoms with Crippen LogP contribution in [0.4, 0.5) is 23.2 Å². The smallest absolute Gasteiger partial charge is 0.372 e. The molecule has 2 unspecified atom stereocenters. The fraction of sp³-hybridized carbons (Fsp3) is 0.618. The second kappa shape index (κ2) is 11.8. The maximum Gasteiger partial charge on any atom is 0.457 e. The third kappa shape index (κ3) is 5.80. The molecule has 0 amide bonds. The number of nitrogens with zero attached hydrogens (tertiary/aromatic N) is 2. The molecule has 2 saturated carbocycles. The average molecular weight is 599 g/mol. The van der Waals surface area contributed by atoms with Crippen LogP contribution in [0.3, 0.4) is 0 Å². The number of hydrogen-bond acceptors (Lipinski definition) is 5. The van der Waals surface area contributed by atoms with Crippen molar-refractivity contribution in [2.75, 3.05) is 31.2 Å². The number of benzene rings is 1. The van der Waals surface area contributed by atoms with Gasteiger partial charge in [-0.05, 0) is 97.5 Å². The molecule has 0 aromatic heterocycles. The van der Waals surface area contributed by atoms with Gasteiger partial charge in [0.05, 0.1) is 0 Å². The van der Waals surface area contributed by atoms with Crippen LogP contribution in [0.2, 0.25) is 0 Å². The quantitative estimate of drug-likeness (QED) is 0.141. The molecule has 0 bridgehead atoms. The van der Waals surface area contributed by atoms with E-state index in [1.807, 2.05) is 5.92 Å². The van der Waals surface area contributed by atoms with E-state index >= 15 is 4.39 Å². The van der Waals surface area contributed by atoms with Gasteiger partial charge < -0.3 is 9.64 Å². The zero-order valence-electron chi connectivity index (χ0n) is 24.5. The van der Waals surface area contributed by atoms with Crippen molar-refractivity contribution >= 4 is 11.5 Å². The molecule has 0 spiro atoms. The fourth-order valence-electron chi connectivity index (χ4n) is 8.99. The van der Waals surface area contributed by atoms with Crippen LogP contribution >= 0.6 is 0 Å². The largest absolute Gasteiger partial charge is 0.457 e. The summed E-state index contributed by atoms with van der Waals surface area (Å²) in [7, 11) is 0. The lowest BCUT2D eigenvalue weighted by Gasteiger charge is -2.53. The Balaban J connectivity index is 1.32. The van der Waals surface area contributed by atoms with E-state index in [2.05, 4.69) is 41.3 Å². The number of Topliss-reactive ketones (excluding diaryl/α,β-unsaturated/α-hetero) is 1. The van der Waals surface area contributed by atoms with Crippen molar-refractivity contribution in [3.8, 4) is 11.8 Å². The summed E-state index contributed by atoms with van der Waals surface area (Å²) >= 11 is 0. The van der Waals surface area contributed by atoms with Crippen LogP contribution in [0.25, 0.3) is 0 Å². The Morgan fingerprint density at radius 2 is 1.88 bits per heavy atom. The first-order valence-corrected chi connectivity index (χ1v) is 15.5. The molecular weight excluding hydrogens is 560 g/mol. The second-order valence-corrected chi connectivity index (χ2v) is 13.1. The number of rotatable bonds is 7. The number of halogens is 4. The fourth-order valence-corrected chi connectivity index (χ4v) is 8.99. The number of carbonyl (C=O) groups is 1. The predicted octanol–water partition coefficient (Wildman–Crippen LogP) is 7.47. The van der Waals surface area contributed by atoms with Gasteiger partial charge in [0.2, 0.25) is 0 Å². The van der Waals surface area contributed by atoms with Gasteiger partial charge in [0, 0.05) is 36.5 Å². The highest BCUT2D eigenvalue weighted by Gasteiger charge is 2.59. The van der Waals surface area contributed by atoms with Crippen LogP contribution in [-0.4, -0.2) is 50.5 Å². The standard InChI is InChI=1S/C34H38F4N2O3/c1-33-19-27(21-5-8-23(9-6-21)40-14-2-3-15-40)32-24-10-7-22(39-42)17-25(24)30(35)18-26(32)28(33)11-12-29(33)31(41)20-43-16-4-13-34(36,37)38/h5-6,8-9,17,22,26-30H,2-3,7,10-12,14-16,18-20H2,1H3/t22?,26-,27+,28-,29+,30?,33-/m0/s1. The summed E-state index contributed by atoms with van der Waals surface area (Å²) in [6.45, 7) is 3.50. The van der Waals surface area contributed by atoms with Crippen LogP contribution in [0.5, 0.6) is 0 Å². The molecule has 1 aromatic rings. The summed E-state index contributed by atoms with van der Waals surface area (Å²) in [5.41, 5.74) is 4.88. The Labute approximate surface area is 250 Å². The maximum atomic E-state index is 15.9. The van der Waals surface area contributed by atoms with Gasteiger partial charge in [0.15, 0.2) is 5.78 Å². The van der Waals surface area contributed by atoms with E-state index in [9.17, 15) is 22.9 Å². The molecule has 43 heavy (non-hydrogen) atoms. The molecule has 1 saturated heterocycles. The van der Waals surface area contributed by atoms with Crippen molar-refractivity contribution in [3.63, 3.8) is 0 Å². The molecule has 3 fully saturated rings. The minimum Gasteiger partial charge on any atom is -0.372 e. The lowest BCUT2D eigenvalue weighted by Crippen LogP contribution is -2.46. The molecule has 230 valence electrons. The number of nitroso groups, excluding NO2 is 1. The highest BCUT2D eigenvalue weighted by molar-refractivity contribution is 5.83. The maximum absolute atomic E-state index is 15.9.